The Kier molecular flexibility index (Phi) is 6.31. The third-order valence-corrected chi connectivity index (χ3v) is 3.44. The molecule has 0 saturated heterocycles. The summed E-state index contributed by atoms with van der Waals surface area (Å²) in [5.74, 6) is 0.430. The van der Waals surface area contributed by atoms with Crippen LogP contribution in [0.5, 0.6) is 5.75 Å². The summed E-state index contributed by atoms with van der Waals surface area (Å²) in [5.41, 5.74) is 6.85. The van der Waals surface area contributed by atoms with Gasteiger partial charge in [-0.2, -0.15) is 0 Å². The summed E-state index contributed by atoms with van der Waals surface area (Å²) < 4.78 is 10.2. The van der Waals surface area contributed by atoms with Crippen LogP contribution in [0.1, 0.15) is 30.6 Å². The van der Waals surface area contributed by atoms with Crippen LogP contribution in [0.3, 0.4) is 0 Å². The van der Waals surface area contributed by atoms with Crippen molar-refractivity contribution >= 4 is 11.6 Å². The number of methoxy groups -OCH3 is 2. The summed E-state index contributed by atoms with van der Waals surface area (Å²) in [4.78, 5) is 14.5. The molecule has 1 amide bonds. The van der Waals surface area contributed by atoms with Crippen molar-refractivity contribution in [3.05, 3.63) is 23.8 Å². The van der Waals surface area contributed by atoms with Gasteiger partial charge in [-0.1, -0.05) is 13.0 Å². The van der Waals surface area contributed by atoms with Crippen molar-refractivity contribution < 1.29 is 14.3 Å². The van der Waals surface area contributed by atoms with E-state index >= 15 is 0 Å². The highest BCUT2D eigenvalue weighted by atomic mass is 16.5. The fourth-order valence-corrected chi connectivity index (χ4v) is 2.00. The Labute approximate surface area is 120 Å². The van der Waals surface area contributed by atoms with Crippen LogP contribution in [0.4, 0.5) is 5.69 Å². The molecule has 0 aliphatic rings. The van der Waals surface area contributed by atoms with Crippen LogP contribution in [-0.2, 0) is 4.74 Å². The molecule has 0 heterocycles. The lowest BCUT2D eigenvalue weighted by Gasteiger charge is -2.29. The second kappa shape index (κ2) is 7.75. The maximum atomic E-state index is 12.7. The average molecular weight is 280 g/mol. The molecule has 1 atom stereocenters. The van der Waals surface area contributed by atoms with Gasteiger partial charge < -0.3 is 20.1 Å². The standard InChI is InChI=1S/C15H24N2O3/c1-5-11(2)17(9-10-19-3)15(18)12-7-6-8-13(20-4)14(12)16/h6-8,11H,5,9-10,16H2,1-4H3. The summed E-state index contributed by atoms with van der Waals surface area (Å²) in [7, 11) is 3.16. The molecule has 1 aromatic rings. The number of hydrogen-bond acceptors (Lipinski definition) is 4. The molecule has 0 aromatic heterocycles. The zero-order valence-corrected chi connectivity index (χ0v) is 12.7. The van der Waals surface area contributed by atoms with Crippen molar-refractivity contribution in [3.63, 3.8) is 0 Å². The molecule has 0 bridgehead atoms. The minimum atomic E-state index is -0.0900. The van der Waals surface area contributed by atoms with Crippen LogP contribution in [0, 0.1) is 0 Å². The highest BCUT2D eigenvalue weighted by Crippen LogP contribution is 2.26. The van der Waals surface area contributed by atoms with Gasteiger partial charge in [0.25, 0.3) is 5.91 Å². The first-order valence-corrected chi connectivity index (χ1v) is 6.79. The molecule has 0 saturated carbocycles. The van der Waals surface area contributed by atoms with Gasteiger partial charge in [0.15, 0.2) is 0 Å². The van der Waals surface area contributed by atoms with E-state index < -0.39 is 0 Å². The number of rotatable bonds is 7. The smallest absolute Gasteiger partial charge is 0.256 e. The van der Waals surface area contributed by atoms with Crippen molar-refractivity contribution in [2.24, 2.45) is 0 Å². The molecule has 1 aromatic carbocycles. The molecule has 2 N–H and O–H groups in total. The molecular formula is C15H24N2O3. The van der Waals surface area contributed by atoms with E-state index in [9.17, 15) is 4.79 Å². The monoisotopic (exact) mass is 280 g/mol. The molecule has 1 unspecified atom stereocenters. The third kappa shape index (κ3) is 3.63. The maximum absolute atomic E-state index is 12.7. The summed E-state index contributed by atoms with van der Waals surface area (Å²) in [6.07, 6.45) is 0.874. The van der Waals surface area contributed by atoms with Crippen molar-refractivity contribution in [1.29, 1.82) is 0 Å². The summed E-state index contributed by atoms with van der Waals surface area (Å²) in [6, 6.07) is 5.37. The number of nitrogens with two attached hydrogens (primary N) is 1. The number of carbonyl (C=O) groups is 1. The van der Waals surface area contributed by atoms with Gasteiger partial charge in [0.1, 0.15) is 5.75 Å². The number of benzene rings is 1. The minimum absolute atomic E-state index is 0.0900. The second-order valence-electron chi connectivity index (χ2n) is 4.67. The Morgan fingerprint density at radius 2 is 2.10 bits per heavy atom. The van der Waals surface area contributed by atoms with Crippen molar-refractivity contribution in [2.45, 2.75) is 26.3 Å². The van der Waals surface area contributed by atoms with Gasteiger partial charge in [-0.25, -0.2) is 0 Å². The maximum Gasteiger partial charge on any atom is 0.256 e. The van der Waals surface area contributed by atoms with Crippen molar-refractivity contribution in [2.75, 3.05) is 33.1 Å². The van der Waals surface area contributed by atoms with E-state index in [1.54, 1.807) is 30.2 Å². The number of carbonyl (C=O) groups excluding carboxylic acids is 1. The fourth-order valence-electron chi connectivity index (χ4n) is 2.00. The third-order valence-electron chi connectivity index (χ3n) is 3.44. The number of anilines is 1. The SMILES string of the molecule is CCC(C)N(CCOC)C(=O)c1cccc(OC)c1N. The van der Waals surface area contributed by atoms with Gasteiger partial charge in [-0.15, -0.1) is 0 Å². The number of para-hydroxylation sites is 1. The number of nitrogens with zero attached hydrogens (tertiary/aromatic N) is 1. The molecule has 5 heteroatoms. The van der Waals surface area contributed by atoms with Gasteiger partial charge in [0, 0.05) is 19.7 Å². The first-order chi connectivity index (χ1) is 9.56. The van der Waals surface area contributed by atoms with E-state index in [1.807, 2.05) is 13.8 Å². The fraction of sp³-hybridized carbons (Fsp3) is 0.533. The van der Waals surface area contributed by atoms with E-state index in [1.165, 1.54) is 7.11 Å². The van der Waals surface area contributed by atoms with E-state index in [2.05, 4.69) is 0 Å². The Hall–Kier alpha value is -1.75. The molecule has 20 heavy (non-hydrogen) atoms. The van der Waals surface area contributed by atoms with Crippen LogP contribution in [0.25, 0.3) is 0 Å². The van der Waals surface area contributed by atoms with E-state index in [4.69, 9.17) is 15.2 Å². The number of nitrogen functional groups attached to an aromatic ring is 1. The molecule has 0 fully saturated rings. The zero-order valence-electron chi connectivity index (χ0n) is 12.7. The van der Waals surface area contributed by atoms with Gasteiger partial charge in [0.05, 0.1) is 25.0 Å². The quantitative estimate of drug-likeness (QED) is 0.777. The normalized spacial score (nSPS) is 12.0. The Balaban J connectivity index is 3.05. The highest BCUT2D eigenvalue weighted by molar-refractivity contribution is 6.00. The van der Waals surface area contributed by atoms with Crippen molar-refractivity contribution in [1.82, 2.24) is 4.90 Å². The Morgan fingerprint density at radius 3 is 2.65 bits per heavy atom. The van der Waals surface area contributed by atoms with E-state index in [0.717, 1.165) is 6.42 Å². The Bertz CT molecular complexity index is 449. The molecule has 5 nitrogen and oxygen atoms in total. The first-order valence-electron chi connectivity index (χ1n) is 6.79. The number of hydrogen-bond donors (Lipinski definition) is 1. The molecule has 0 aliphatic carbocycles. The minimum Gasteiger partial charge on any atom is -0.495 e. The molecular weight excluding hydrogens is 256 g/mol. The van der Waals surface area contributed by atoms with Gasteiger partial charge in [-0.05, 0) is 25.5 Å². The summed E-state index contributed by atoms with van der Waals surface area (Å²) >= 11 is 0. The molecule has 0 spiro atoms. The van der Waals surface area contributed by atoms with Crippen LogP contribution in [0.2, 0.25) is 0 Å². The van der Waals surface area contributed by atoms with Gasteiger partial charge in [0.2, 0.25) is 0 Å². The summed E-state index contributed by atoms with van der Waals surface area (Å²) in [5, 5.41) is 0. The molecule has 112 valence electrons. The predicted octanol–water partition coefficient (Wildman–Crippen LogP) is 2.16. The van der Waals surface area contributed by atoms with Crippen LogP contribution in [0.15, 0.2) is 18.2 Å². The van der Waals surface area contributed by atoms with E-state index in [-0.39, 0.29) is 11.9 Å². The average Bonchev–Trinajstić information content (AvgIpc) is 2.47. The summed E-state index contributed by atoms with van der Waals surface area (Å²) in [6.45, 7) is 5.11. The second-order valence-corrected chi connectivity index (χ2v) is 4.67. The largest absolute Gasteiger partial charge is 0.495 e. The van der Waals surface area contributed by atoms with Crippen molar-refractivity contribution in [3.8, 4) is 5.75 Å². The van der Waals surface area contributed by atoms with E-state index in [0.29, 0.717) is 30.2 Å². The van der Waals surface area contributed by atoms with Crippen LogP contribution >= 0.6 is 0 Å². The predicted molar refractivity (Wildman–Crippen MR) is 80.1 cm³/mol. The lowest BCUT2D eigenvalue weighted by Crippen LogP contribution is -2.40. The molecule has 0 radical (unpaired) electrons. The highest BCUT2D eigenvalue weighted by Gasteiger charge is 2.23. The number of ether oxygens (including phenoxy) is 2. The van der Waals surface area contributed by atoms with Gasteiger partial charge >= 0.3 is 0 Å². The molecule has 0 aliphatic heterocycles. The van der Waals surface area contributed by atoms with Crippen LogP contribution < -0.4 is 10.5 Å². The number of amides is 1. The van der Waals surface area contributed by atoms with Gasteiger partial charge in [-0.3, -0.25) is 4.79 Å². The Morgan fingerprint density at radius 1 is 1.40 bits per heavy atom. The lowest BCUT2D eigenvalue weighted by molar-refractivity contribution is 0.0614. The molecule has 1 rings (SSSR count). The lowest BCUT2D eigenvalue weighted by atomic mass is 10.1. The topological polar surface area (TPSA) is 64.8 Å². The first kappa shape index (κ1) is 16.3. The van der Waals surface area contributed by atoms with Crippen LogP contribution in [-0.4, -0.2) is 44.2 Å². The zero-order chi connectivity index (χ0) is 15.1.